The molecule has 0 atom stereocenters. The van der Waals surface area contributed by atoms with E-state index in [4.69, 9.17) is 0 Å². The molecule has 0 aromatic rings. The highest BCUT2D eigenvalue weighted by Crippen LogP contribution is 1.86. The lowest BCUT2D eigenvalue weighted by molar-refractivity contribution is -0.117. The second-order valence-corrected chi connectivity index (χ2v) is 4.90. The van der Waals surface area contributed by atoms with Gasteiger partial charge in [0.25, 0.3) is 0 Å². The number of hydrogen-bond acceptors (Lipinski definition) is 4. The third-order valence-corrected chi connectivity index (χ3v) is 2.99. The summed E-state index contributed by atoms with van der Waals surface area (Å²) in [6.07, 6.45) is 6.67. The summed E-state index contributed by atoms with van der Waals surface area (Å²) in [6, 6.07) is 0. The monoisotopic (exact) mass is 310 g/mol. The van der Waals surface area contributed by atoms with E-state index in [1.165, 1.54) is 12.2 Å². The Morgan fingerprint density at radius 3 is 1.36 bits per heavy atom. The Morgan fingerprint density at radius 2 is 1.00 bits per heavy atom. The highest BCUT2D eigenvalue weighted by Gasteiger charge is 1.94. The molecule has 0 fully saturated rings. The quantitative estimate of drug-likeness (QED) is 0.259. The molecule has 0 aliphatic rings. The molecule has 0 aliphatic carbocycles. The molecular weight excluding hydrogens is 280 g/mol. The van der Waals surface area contributed by atoms with E-state index < -0.39 is 0 Å². The van der Waals surface area contributed by atoms with Crippen molar-refractivity contribution in [1.82, 2.24) is 21.3 Å². The van der Waals surface area contributed by atoms with Gasteiger partial charge in [0.15, 0.2) is 0 Å². The van der Waals surface area contributed by atoms with E-state index in [2.05, 4.69) is 34.4 Å². The summed E-state index contributed by atoms with van der Waals surface area (Å²) in [5.41, 5.74) is 0. The number of rotatable bonds is 15. The molecule has 6 heteroatoms. The van der Waals surface area contributed by atoms with Gasteiger partial charge in [-0.15, -0.1) is 0 Å². The van der Waals surface area contributed by atoms with E-state index in [0.29, 0.717) is 13.1 Å². The number of carbonyl (C=O) groups excluding carboxylic acids is 2. The Labute approximate surface area is 133 Å². The van der Waals surface area contributed by atoms with Gasteiger partial charge < -0.3 is 21.3 Å². The van der Waals surface area contributed by atoms with Crippen LogP contribution in [0.1, 0.15) is 25.7 Å². The first-order valence-corrected chi connectivity index (χ1v) is 7.92. The predicted molar refractivity (Wildman–Crippen MR) is 90.6 cm³/mol. The van der Waals surface area contributed by atoms with E-state index in [0.717, 1.165) is 51.9 Å². The highest BCUT2D eigenvalue weighted by molar-refractivity contribution is 5.87. The first kappa shape index (κ1) is 20.3. The molecule has 0 radical (unpaired) electrons. The number of amides is 2. The van der Waals surface area contributed by atoms with Crippen molar-refractivity contribution in [3.8, 4) is 0 Å². The minimum absolute atomic E-state index is 0.116. The zero-order chi connectivity index (χ0) is 16.5. The molecule has 0 rings (SSSR count). The highest BCUT2D eigenvalue weighted by atomic mass is 16.2. The third kappa shape index (κ3) is 14.7. The molecule has 0 aromatic heterocycles. The van der Waals surface area contributed by atoms with E-state index in [1.54, 1.807) is 0 Å². The number of nitrogens with one attached hydrogen (secondary N) is 4. The van der Waals surface area contributed by atoms with Crippen molar-refractivity contribution in [2.45, 2.75) is 25.7 Å². The molecule has 0 aromatic carbocycles. The molecule has 22 heavy (non-hydrogen) atoms. The zero-order valence-electron chi connectivity index (χ0n) is 13.5. The Hall–Kier alpha value is -1.66. The van der Waals surface area contributed by atoms with Gasteiger partial charge in [0.05, 0.1) is 0 Å². The van der Waals surface area contributed by atoms with Crippen LogP contribution >= 0.6 is 0 Å². The van der Waals surface area contributed by atoms with Gasteiger partial charge in [-0.1, -0.05) is 13.2 Å². The van der Waals surface area contributed by atoms with Crippen LogP contribution in [-0.2, 0) is 9.59 Å². The van der Waals surface area contributed by atoms with Crippen molar-refractivity contribution in [2.75, 3.05) is 39.3 Å². The molecule has 0 unspecified atom stereocenters. The average Bonchev–Trinajstić information content (AvgIpc) is 2.54. The van der Waals surface area contributed by atoms with E-state index >= 15 is 0 Å². The Kier molecular flexibility index (Phi) is 14.5. The van der Waals surface area contributed by atoms with Crippen molar-refractivity contribution in [3.05, 3.63) is 25.3 Å². The molecule has 0 aliphatic heterocycles. The lowest BCUT2D eigenvalue weighted by Gasteiger charge is -2.07. The Bertz CT molecular complexity index is 300. The van der Waals surface area contributed by atoms with Crippen LogP contribution in [-0.4, -0.2) is 51.1 Å². The van der Waals surface area contributed by atoms with Gasteiger partial charge in [0.1, 0.15) is 0 Å². The summed E-state index contributed by atoms with van der Waals surface area (Å²) in [6.45, 7) is 12.0. The van der Waals surface area contributed by atoms with Crippen LogP contribution in [0, 0.1) is 0 Å². The van der Waals surface area contributed by atoms with E-state index in [1.807, 2.05) is 0 Å². The summed E-state index contributed by atoms with van der Waals surface area (Å²) in [4.78, 5) is 21.8. The lowest BCUT2D eigenvalue weighted by atomic mass is 10.3. The molecule has 0 bridgehead atoms. The summed E-state index contributed by atoms with van der Waals surface area (Å²) in [5, 5.41) is 12.2. The summed E-state index contributed by atoms with van der Waals surface area (Å²) in [5.74, 6) is -0.231. The first-order chi connectivity index (χ1) is 10.7. The Balaban J connectivity index is 3.08. The molecule has 4 N–H and O–H groups in total. The van der Waals surface area contributed by atoms with Gasteiger partial charge in [0, 0.05) is 13.1 Å². The summed E-state index contributed by atoms with van der Waals surface area (Å²) in [7, 11) is 0. The minimum atomic E-state index is -0.116. The molecule has 0 saturated carbocycles. The number of unbranched alkanes of at least 4 members (excludes halogenated alkanes) is 1. The van der Waals surface area contributed by atoms with Gasteiger partial charge in [-0.3, -0.25) is 9.59 Å². The van der Waals surface area contributed by atoms with Gasteiger partial charge in [0.2, 0.25) is 11.8 Å². The summed E-state index contributed by atoms with van der Waals surface area (Å²) >= 11 is 0. The van der Waals surface area contributed by atoms with Crippen molar-refractivity contribution in [2.24, 2.45) is 0 Å². The van der Waals surface area contributed by atoms with Gasteiger partial charge in [-0.05, 0) is 64.0 Å². The van der Waals surface area contributed by atoms with Crippen LogP contribution < -0.4 is 21.3 Å². The smallest absolute Gasteiger partial charge is 0.243 e. The predicted octanol–water partition coefficient (Wildman–Crippen LogP) is 0.330. The molecule has 6 nitrogen and oxygen atoms in total. The SMILES string of the molecule is C=CC(=O)NCCCNCCCCNCCCNC(=O)C=C. The van der Waals surface area contributed by atoms with Crippen molar-refractivity contribution < 1.29 is 9.59 Å². The molecule has 0 saturated heterocycles. The second-order valence-electron chi connectivity index (χ2n) is 4.90. The topological polar surface area (TPSA) is 82.3 Å². The van der Waals surface area contributed by atoms with E-state index in [-0.39, 0.29) is 11.8 Å². The Morgan fingerprint density at radius 1 is 0.636 bits per heavy atom. The second kappa shape index (κ2) is 15.7. The van der Waals surface area contributed by atoms with Crippen LogP contribution in [0.5, 0.6) is 0 Å². The normalized spacial score (nSPS) is 10.0. The van der Waals surface area contributed by atoms with Crippen LogP contribution in [0.4, 0.5) is 0 Å². The fourth-order valence-corrected chi connectivity index (χ4v) is 1.74. The minimum Gasteiger partial charge on any atom is -0.353 e. The number of carbonyl (C=O) groups is 2. The van der Waals surface area contributed by atoms with Crippen molar-refractivity contribution in [1.29, 1.82) is 0 Å². The van der Waals surface area contributed by atoms with Crippen molar-refractivity contribution >= 4 is 11.8 Å². The summed E-state index contributed by atoms with van der Waals surface area (Å²) < 4.78 is 0. The molecular formula is C16H30N4O2. The lowest BCUT2D eigenvalue weighted by Crippen LogP contribution is -2.27. The van der Waals surface area contributed by atoms with Crippen molar-refractivity contribution in [3.63, 3.8) is 0 Å². The molecule has 0 heterocycles. The maximum atomic E-state index is 10.9. The fraction of sp³-hybridized carbons (Fsp3) is 0.625. The maximum absolute atomic E-state index is 10.9. The van der Waals surface area contributed by atoms with Gasteiger partial charge in [-0.25, -0.2) is 0 Å². The van der Waals surface area contributed by atoms with Crippen LogP contribution in [0.2, 0.25) is 0 Å². The van der Waals surface area contributed by atoms with Gasteiger partial charge in [-0.2, -0.15) is 0 Å². The number of hydrogen-bond donors (Lipinski definition) is 4. The van der Waals surface area contributed by atoms with Crippen LogP contribution in [0.3, 0.4) is 0 Å². The molecule has 2 amide bonds. The van der Waals surface area contributed by atoms with E-state index in [9.17, 15) is 9.59 Å². The third-order valence-electron chi connectivity index (χ3n) is 2.99. The van der Waals surface area contributed by atoms with Crippen LogP contribution in [0.15, 0.2) is 25.3 Å². The van der Waals surface area contributed by atoms with Crippen LogP contribution in [0.25, 0.3) is 0 Å². The van der Waals surface area contributed by atoms with Gasteiger partial charge >= 0.3 is 0 Å². The standard InChI is InChI=1S/C16H30N4O2/c1-3-15(21)19-13-7-11-17-9-5-6-10-18-12-8-14-20-16(22)4-2/h3-4,17-18H,1-2,5-14H2,(H,19,21)(H,20,22). The molecule has 126 valence electrons. The fourth-order valence-electron chi connectivity index (χ4n) is 1.74. The average molecular weight is 310 g/mol. The maximum Gasteiger partial charge on any atom is 0.243 e. The largest absolute Gasteiger partial charge is 0.353 e. The zero-order valence-corrected chi connectivity index (χ0v) is 13.5. The first-order valence-electron chi connectivity index (χ1n) is 7.92. The molecule has 0 spiro atoms.